The highest BCUT2D eigenvalue weighted by molar-refractivity contribution is 7.13. The fraction of sp³-hybridized carbons (Fsp3) is 0.353. The molecule has 124 valence electrons. The van der Waals surface area contributed by atoms with Crippen LogP contribution in [0.2, 0.25) is 0 Å². The summed E-state index contributed by atoms with van der Waals surface area (Å²) in [5.41, 5.74) is 1.11. The minimum absolute atomic E-state index is 0.858. The molecular formula is C17H19N5OS. The highest BCUT2D eigenvalue weighted by atomic mass is 32.1. The van der Waals surface area contributed by atoms with Crippen LogP contribution in [0.15, 0.2) is 40.5 Å². The van der Waals surface area contributed by atoms with Gasteiger partial charge in [-0.3, -0.25) is 9.88 Å². The lowest BCUT2D eigenvalue weighted by Crippen LogP contribution is -2.46. The Morgan fingerprint density at radius 3 is 2.75 bits per heavy atom. The molecule has 6 nitrogen and oxygen atoms in total. The van der Waals surface area contributed by atoms with Crippen molar-refractivity contribution in [1.29, 1.82) is 0 Å². The van der Waals surface area contributed by atoms with Gasteiger partial charge < -0.3 is 9.32 Å². The molecule has 0 unspecified atom stereocenters. The maximum Gasteiger partial charge on any atom is 0.162 e. The molecule has 0 amide bonds. The van der Waals surface area contributed by atoms with Crippen molar-refractivity contribution in [3.05, 3.63) is 47.6 Å². The van der Waals surface area contributed by atoms with E-state index in [-0.39, 0.29) is 0 Å². The van der Waals surface area contributed by atoms with E-state index >= 15 is 0 Å². The van der Waals surface area contributed by atoms with Gasteiger partial charge in [0.25, 0.3) is 0 Å². The molecule has 1 fully saturated rings. The van der Waals surface area contributed by atoms with Gasteiger partial charge >= 0.3 is 0 Å². The van der Waals surface area contributed by atoms with Crippen molar-refractivity contribution < 1.29 is 4.42 Å². The zero-order valence-corrected chi connectivity index (χ0v) is 14.4. The zero-order chi connectivity index (χ0) is 16.4. The molecule has 7 heteroatoms. The molecule has 0 atom stereocenters. The van der Waals surface area contributed by atoms with Crippen LogP contribution >= 0.6 is 11.3 Å². The predicted molar refractivity (Wildman–Crippen MR) is 94.1 cm³/mol. The van der Waals surface area contributed by atoms with E-state index in [0.29, 0.717) is 0 Å². The van der Waals surface area contributed by atoms with Crippen LogP contribution in [0.5, 0.6) is 0 Å². The van der Waals surface area contributed by atoms with Gasteiger partial charge in [0.2, 0.25) is 0 Å². The molecule has 4 rings (SSSR count). The van der Waals surface area contributed by atoms with Crippen LogP contribution in [0.3, 0.4) is 0 Å². The average Bonchev–Trinajstić information content (AvgIpc) is 3.25. The lowest BCUT2D eigenvalue weighted by Gasteiger charge is -2.34. The molecule has 0 spiro atoms. The van der Waals surface area contributed by atoms with Gasteiger partial charge in [-0.1, -0.05) is 0 Å². The SMILES string of the molecule is Cc1ccc(-c2nc(CN3CCN(c4cnccn4)CC3)cs2)o1. The number of anilines is 1. The lowest BCUT2D eigenvalue weighted by molar-refractivity contribution is 0.247. The van der Waals surface area contributed by atoms with E-state index in [4.69, 9.17) is 9.40 Å². The number of nitrogens with zero attached hydrogens (tertiary/aromatic N) is 5. The number of rotatable bonds is 4. The number of hydrogen-bond donors (Lipinski definition) is 0. The molecule has 1 aliphatic rings. The monoisotopic (exact) mass is 341 g/mol. The summed E-state index contributed by atoms with van der Waals surface area (Å²) in [6, 6.07) is 3.96. The molecule has 0 aromatic carbocycles. The maximum atomic E-state index is 5.65. The van der Waals surface area contributed by atoms with Gasteiger partial charge in [-0.15, -0.1) is 11.3 Å². The molecule has 0 radical (unpaired) electrons. The summed E-state index contributed by atoms with van der Waals surface area (Å²) in [6.45, 7) is 6.77. The fourth-order valence-corrected chi connectivity index (χ4v) is 3.63. The highest BCUT2D eigenvalue weighted by Gasteiger charge is 2.19. The number of aromatic nitrogens is 3. The van der Waals surface area contributed by atoms with Crippen molar-refractivity contribution in [2.24, 2.45) is 0 Å². The molecule has 0 aliphatic carbocycles. The first-order valence-corrected chi connectivity index (χ1v) is 8.90. The van der Waals surface area contributed by atoms with Crippen LogP contribution < -0.4 is 4.90 Å². The normalized spacial score (nSPS) is 15.8. The summed E-state index contributed by atoms with van der Waals surface area (Å²) >= 11 is 1.64. The van der Waals surface area contributed by atoms with Gasteiger partial charge in [0.1, 0.15) is 11.6 Å². The summed E-state index contributed by atoms with van der Waals surface area (Å²) in [6.07, 6.45) is 5.28. The second-order valence-corrected chi connectivity index (χ2v) is 6.74. The molecule has 24 heavy (non-hydrogen) atoms. The van der Waals surface area contributed by atoms with Crippen molar-refractivity contribution in [1.82, 2.24) is 19.9 Å². The molecule has 0 N–H and O–H groups in total. The van der Waals surface area contributed by atoms with E-state index < -0.39 is 0 Å². The van der Waals surface area contributed by atoms with Crippen molar-refractivity contribution >= 4 is 17.2 Å². The van der Waals surface area contributed by atoms with Gasteiger partial charge in [0.15, 0.2) is 10.8 Å². The van der Waals surface area contributed by atoms with E-state index in [1.165, 1.54) is 0 Å². The Labute approximate surface area is 144 Å². The third kappa shape index (κ3) is 3.32. The van der Waals surface area contributed by atoms with E-state index in [1.807, 2.05) is 25.3 Å². The van der Waals surface area contributed by atoms with Gasteiger partial charge in [-0.05, 0) is 19.1 Å². The van der Waals surface area contributed by atoms with Crippen LogP contribution in [-0.4, -0.2) is 46.0 Å². The van der Waals surface area contributed by atoms with Crippen molar-refractivity contribution in [3.8, 4) is 10.8 Å². The summed E-state index contributed by atoms with van der Waals surface area (Å²) in [5.74, 6) is 2.74. The second-order valence-electron chi connectivity index (χ2n) is 5.88. The van der Waals surface area contributed by atoms with E-state index in [2.05, 4.69) is 25.1 Å². The summed E-state index contributed by atoms with van der Waals surface area (Å²) in [5, 5.41) is 3.08. The van der Waals surface area contributed by atoms with Crippen LogP contribution in [0.1, 0.15) is 11.5 Å². The third-order valence-corrected chi connectivity index (χ3v) is 5.04. The molecule has 0 bridgehead atoms. The molecule has 1 saturated heterocycles. The van der Waals surface area contributed by atoms with E-state index in [9.17, 15) is 0 Å². The molecule has 3 aromatic heterocycles. The lowest BCUT2D eigenvalue weighted by atomic mass is 10.3. The van der Waals surface area contributed by atoms with Gasteiger partial charge in [-0.25, -0.2) is 9.97 Å². The molecule has 4 heterocycles. The van der Waals surface area contributed by atoms with Crippen LogP contribution in [-0.2, 0) is 6.54 Å². The van der Waals surface area contributed by atoms with Crippen LogP contribution in [0.25, 0.3) is 10.8 Å². The van der Waals surface area contributed by atoms with Gasteiger partial charge in [-0.2, -0.15) is 0 Å². The second kappa shape index (κ2) is 6.70. The fourth-order valence-electron chi connectivity index (χ4n) is 2.86. The van der Waals surface area contributed by atoms with Crippen LogP contribution in [0.4, 0.5) is 5.82 Å². The molecule has 0 saturated carbocycles. The number of aryl methyl sites for hydroxylation is 1. The van der Waals surface area contributed by atoms with Crippen LogP contribution in [0, 0.1) is 6.92 Å². The Balaban J connectivity index is 1.35. The Morgan fingerprint density at radius 1 is 1.17 bits per heavy atom. The number of hydrogen-bond acceptors (Lipinski definition) is 7. The largest absolute Gasteiger partial charge is 0.459 e. The molecular weight excluding hydrogens is 322 g/mol. The highest BCUT2D eigenvalue weighted by Crippen LogP contribution is 2.26. The average molecular weight is 341 g/mol. The maximum absolute atomic E-state index is 5.65. The van der Waals surface area contributed by atoms with Crippen molar-refractivity contribution in [2.45, 2.75) is 13.5 Å². The van der Waals surface area contributed by atoms with E-state index in [0.717, 1.165) is 60.8 Å². The Morgan fingerprint density at radius 2 is 2.04 bits per heavy atom. The smallest absolute Gasteiger partial charge is 0.162 e. The Kier molecular flexibility index (Phi) is 4.27. The molecule has 3 aromatic rings. The quantitative estimate of drug-likeness (QED) is 0.727. The summed E-state index contributed by atoms with van der Waals surface area (Å²) in [7, 11) is 0. The number of piperazine rings is 1. The Hall–Kier alpha value is -2.25. The first-order valence-electron chi connectivity index (χ1n) is 8.02. The number of furan rings is 1. The zero-order valence-electron chi connectivity index (χ0n) is 13.6. The van der Waals surface area contributed by atoms with E-state index in [1.54, 1.807) is 23.7 Å². The standard InChI is InChI=1S/C17H19N5OS/c1-13-2-3-15(23-13)17-20-14(12-24-17)11-21-6-8-22(9-7-21)16-10-18-4-5-19-16/h2-5,10,12H,6-9,11H2,1H3. The molecule has 1 aliphatic heterocycles. The topological polar surface area (TPSA) is 58.3 Å². The first kappa shape index (κ1) is 15.3. The van der Waals surface area contributed by atoms with Gasteiger partial charge in [0, 0.05) is 50.5 Å². The van der Waals surface area contributed by atoms with Crippen molar-refractivity contribution in [2.75, 3.05) is 31.1 Å². The minimum Gasteiger partial charge on any atom is -0.459 e. The minimum atomic E-state index is 0.858. The number of thiazole rings is 1. The van der Waals surface area contributed by atoms with Gasteiger partial charge in [0.05, 0.1) is 11.9 Å². The summed E-state index contributed by atoms with van der Waals surface area (Å²) < 4.78 is 5.65. The third-order valence-electron chi connectivity index (χ3n) is 4.13. The van der Waals surface area contributed by atoms with Crippen molar-refractivity contribution in [3.63, 3.8) is 0 Å². The first-order chi connectivity index (χ1) is 11.8. The summed E-state index contributed by atoms with van der Waals surface area (Å²) in [4.78, 5) is 17.9. The predicted octanol–water partition coefficient (Wildman–Crippen LogP) is 2.82. The Bertz CT molecular complexity index is 792.